The Morgan fingerprint density at radius 3 is 2.27 bits per heavy atom. The van der Waals surface area contributed by atoms with E-state index in [1.54, 1.807) is 0 Å². The van der Waals surface area contributed by atoms with E-state index in [9.17, 15) is 9.90 Å². The van der Waals surface area contributed by atoms with Gasteiger partial charge in [-0.1, -0.05) is 19.8 Å². The number of rotatable bonds is 0. The molecule has 1 fully saturated rings. The van der Waals surface area contributed by atoms with Crippen molar-refractivity contribution in [2.24, 2.45) is 5.41 Å². The fraction of sp³-hybridized carbons (Fsp3) is 0.667. The van der Waals surface area contributed by atoms with Crippen molar-refractivity contribution in [3.05, 3.63) is 0 Å². The Bertz CT molecular complexity index is 234. The van der Waals surface area contributed by atoms with Crippen LogP contribution in [0.3, 0.4) is 0 Å². The van der Waals surface area contributed by atoms with E-state index < -0.39 is 11.0 Å². The third kappa shape index (κ3) is 1.06. The third-order valence-electron chi connectivity index (χ3n) is 2.34. The molecule has 1 aliphatic carbocycles. The molecule has 0 unspecified atom stereocenters. The number of aliphatic hydroxyl groups is 1. The summed E-state index contributed by atoms with van der Waals surface area (Å²) in [6.07, 6.45) is 6.13. The number of Topliss-reactive ketones (excluding diaryl/α,β-unsaturated/α-hetero) is 1. The minimum absolute atomic E-state index is 0.215. The maximum absolute atomic E-state index is 11.4. The number of terminal acetylenes is 1. The molecule has 0 spiro atoms. The van der Waals surface area contributed by atoms with Crippen molar-refractivity contribution in [3.63, 3.8) is 0 Å². The molecule has 1 atom stereocenters. The van der Waals surface area contributed by atoms with Crippen LogP contribution in [0, 0.1) is 17.8 Å². The summed E-state index contributed by atoms with van der Waals surface area (Å²) in [7, 11) is 0. The molecule has 2 heteroatoms. The fourth-order valence-electron chi connectivity index (χ4n) is 1.42. The molecule has 1 aliphatic rings. The zero-order valence-corrected chi connectivity index (χ0v) is 6.85. The van der Waals surface area contributed by atoms with Gasteiger partial charge in [-0.25, -0.2) is 0 Å². The van der Waals surface area contributed by atoms with Crippen LogP contribution in [-0.4, -0.2) is 16.5 Å². The topological polar surface area (TPSA) is 37.3 Å². The molecule has 60 valence electrons. The van der Waals surface area contributed by atoms with Gasteiger partial charge in [0.2, 0.25) is 0 Å². The first-order valence-electron chi connectivity index (χ1n) is 3.67. The largest absolute Gasteiger partial charge is 0.371 e. The number of hydrogen-bond donors (Lipinski definition) is 1. The average Bonchev–Trinajstić information content (AvgIpc) is 2.16. The van der Waals surface area contributed by atoms with Crippen molar-refractivity contribution in [1.82, 2.24) is 0 Å². The van der Waals surface area contributed by atoms with Gasteiger partial charge in [0.05, 0.1) is 0 Å². The van der Waals surface area contributed by atoms with Gasteiger partial charge >= 0.3 is 0 Å². The first-order valence-corrected chi connectivity index (χ1v) is 3.67. The third-order valence-corrected chi connectivity index (χ3v) is 2.34. The van der Waals surface area contributed by atoms with E-state index in [1.165, 1.54) is 0 Å². The second kappa shape index (κ2) is 2.09. The summed E-state index contributed by atoms with van der Waals surface area (Å²) in [6.45, 7) is 3.62. The van der Waals surface area contributed by atoms with Crippen LogP contribution in [0.15, 0.2) is 0 Å². The maximum Gasteiger partial charge on any atom is 0.184 e. The first-order chi connectivity index (χ1) is 4.92. The molecule has 0 saturated heterocycles. The zero-order chi connectivity index (χ0) is 8.70. The highest BCUT2D eigenvalue weighted by Crippen LogP contribution is 2.39. The molecular weight excluding hydrogens is 140 g/mol. The lowest BCUT2D eigenvalue weighted by Gasteiger charge is -2.17. The minimum Gasteiger partial charge on any atom is -0.371 e. The second-order valence-corrected chi connectivity index (χ2v) is 3.72. The molecular formula is C9H12O2. The molecule has 11 heavy (non-hydrogen) atoms. The van der Waals surface area contributed by atoms with E-state index in [-0.39, 0.29) is 5.78 Å². The monoisotopic (exact) mass is 152 g/mol. The van der Waals surface area contributed by atoms with Gasteiger partial charge < -0.3 is 5.11 Å². The van der Waals surface area contributed by atoms with E-state index in [2.05, 4.69) is 5.92 Å². The molecule has 0 aromatic heterocycles. The normalized spacial score (nSPS) is 35.3. The molecule has 0 amide bonds. The summed E-state index contributed by atoms with van der Waals surface area (Å²) in [5, 5.41) is 9.52. The molecule has 1 N–H and O–H groups in total. The van der Waals surface area contributed by atoms with E-state index in [4.69, 9.17) is 6.42 Å². The van der Waals surface area contributed by atoms with Gasteiger partial charge in [0.1, 0.15) is 0 Å². The first kappa shape index (κ1) is 8.29. The van der Waals surface area contributed by atoms with Gasteiger partial charge in [0.15, 0.2) is 11.4 Å². The quantitative estimate of drug-likeness (QED) is 0.520. The van der Waals surface area contributed by atoms with Crippen molar-refractivity contribution in [2.75, 3.05) is 0 Å². The molecule has 1 saturated carbocycles. The van der Waals surface area contributed by atoms with Crippen LogP contribution in [0.25, 0.3) is 0 Å². The van der Waals surface area contributed by atoms with E-state index in [1.807, 2.05) is 13.8 Å². The number of hydrogen-bond acceptors (Lipinski definition) is 2. The fourth-order valence-corrected chi connectivity index (χ4v) is 1.42. The summed E-state index contributed by atoms with van der Waals surface area (Å²) in [5.41, 5.74) is -1.93. The summed E-state index contributed by atoms with van der Waals surface area (Å²) in [4.78, 5) is 11.4. The van der Waals surface area contributed by atoms with Gasteiger partial charge in [-0.2, -0.15) is 0 Å². The van der Waals surface area contributed by atoms with Gasteiger partial charge in [-0.15, -0.1) is 6.42 Å². The van der Waals surface area contributed by atoms with Crippen molar-refractivity contribution < 1.29 is 9.90 Å². The number of ketones is 1. The van der Waals surface area contributed by atoms with Crippen LogP contribution < -0.4 is 0 Å². The van der Waals surface area contributed by atoms with E-state index in [0.29, 0.717) is 12.8 Å². The second-order valence-electron chi connectivity index (χ2n) is 3.72. The molecule has 0 heterocycles. The summed E-state index contributed by atoms with van der Waals surface area (Å²) in [6, 6.07) is 0. The van der Waals surface area contributed by atoms with Crippen molar-refractivity contribution in [2.45, 2.75) is 32.3 Å². The highest BCUT2D eigenvalue weighted by atomic mass is 16.3. The Hall–Kier alpha value is -0.810. The van der Waals surface area contributed by atoms with Crippen molar-refractivity contribution in [3.8, 4) is 12.3 Å². The summed E-state index contributed by atoms with van der Waals surface area (Å²) >= 11 is 0. The van der Waals surface area contributed by atoms with E-state index in [0.717, 1.165) is 0 Å². The number of carbonyl (C=O) groups is 1. The molecule has 2 nitrogen and oxygen atoms in total. The van der Waals surface area contributed by atoms with Crippen LogP contribution >= 0.6 is 0 Å². The predicted octanol–water partition coefficient (Wildman–Crippen LogP) is 0.740. The van der Waals surface area contributed by atoms with E-state index >= 15 is 0 Å². The minimum atomic E-state index is -1.48. The smallest absolute Gasteiger partial charge is 0.184 e. The SMILES string of the molecule is C#C[C@]1(O)CCC(C)(C)C1=O. The van der Waals surface area contributed by atoms with Crippen LogP contribution in [0.4, 0.5) is 0 Å². The van der Waals surface area contributed by atoms with Crippen LogP contribution in [0.1, 0.15) is 26.7 Å². The lowest BCUT2D eigenvalue weighted by atomic mass is 9.88. The van der Waals surface area contributed by atoms with Crippen LogP contribution in [0.2, 0.25) is 0 Å². The van der Waals surface area contributed by atoms with Gasteiger partial charge in [-0.05, 0) is 12.8 Å². The molecule has 0 aromatic rings. The Morgan fingerprint density at radius 1 is 1.55 bits per heavy atom. The summed E-state index contributed by atoms with van der Waals surface area (Å²) in [5.74, 6) is 1.94. The van der Waals surface area contributed by atoms with Crippen LogP contribution in [0.5, 0.6) is 0 Å². The van der Waals surface area contributed by atoms with Gasteiger partial charge in [0, 0.05) is 5.41 Å². The average molecular weight is 152 g/mol. The Morgan fingerprint density at radius 2 is 2.09 bits per heavy atom. The molecule has 0 aliphatic heterocycles. The standard InChI is InChI=1S/C9H12O2/c1-4-9(11)6-5-8(2,3)7(9)10/h1,11H,5-6H2,2-3H3/t9-/m0/s1. The molecule has 0 bridgehead atoms. The maximum atomic E-state index is 11.4. The molecule has 0 aromatic carbocycles. The lowest BCUT2D eigenvalue weighted by molar-refractivity contribution is -0.135. The predicted molar refractivity (Wildman–Crippen MR) is 41.8 cm³/mol. The van der Waals surface area contributed by atoms with Crippen molar-refractivity contribution >= 4 is 5.78 Å². The Kier molecular flexibility index (Phi) is 1.57. The summed E-state index contributed by atoms with van der Waals surface area (Å²) < 4.78 is 0. The van der Waals surface area contributed by atoms with Crippen LogP contribution in [-0.2, 0) is 4.79 Å². The van der Waals surface area contributed by atoms with Gasteiger partial charge in [0.25, 0.3) is 0 Å². The molecule has 1 rings (SSSR count). The highest BCUT2D eigenvalue weighted by molar-refractivity contribution is 5.96. The Labute approximate surface area is 66.6 Å². The van der Waals surface area contributed by atoms with Gasteiger partial charge in [-0.3, -0.25) is 4.79 Å². The number of carbonyl (C=O) groups excluding carboxylic acids is 1. The zero-order valence-electron chi connectivity index (χ0n) is 6.85. The molecule has 0 radical (unpaired) electrons. The highest BCUT2D eigenvalue weighted by Gasteiger charge is 2.49. The lowest BCUT2D eigenvalue weighted by Crippen LogP contribution is -2.36. The van der Waals surface area contributed by atoms with Crippen molar-refractivity contribution in [1.29, 1.82) is 0 Å². The Balaban J connectivity index is 2.98.